The number of ketones is 3. The van der Waals surface area contributed by atoms with Crippen LogP contribution < -0.4 is 0 Å². The molecule has 0 aliphatic rings. The molecule has 0 fully saturated rings. The van der Waals surface area contributed by atoms with Crippen LogP contribution in [0.2, 0.25) is 0 Å². The van der Waals surface area contributed by atoms with Gasteiger partial charge in [0.25, 0.3) is 0 Å². The average Bonchev–Trinajstić information content (AvgIpc) is 2.24. The second-order valence-corrected chi connectivity index (χ2v) is 2.87. The maximum atomic E-state index is 11.1. The summed E-state index contributed by atoms with van der Waals surface area (Å²) in [4.78, 5) is 33.1. The summed E-state index contributed by atoms with van der Waals surface area (Å²) in [6.45, 7) is 3.42. The van der Waals surface area contributed by atoms with Crippen LogP contribution in [0.15, 0.2) is 48.6 Å². The summed E-state index contributed by atoms with van der Waals surface area (Å²) in [5.74, 6) is -0.913. The first-order chi connectivity index (χ1) is 7.60. The molecule has 0 aromatic rings. The van der Waals surface area contributed by atoms with Crippen molar-refractivity contribution in [3.63, 3.8) is 0 Å². The van der Waals surface area contributed by atoms with Crippen molar-refractivity contribution in [2.75, 3.05) is 0 Å². The second-order valence-electron chi connectivity index (χ2n) is 2.87. The third-order valence-electron chi connectivity index (χ3n) is 1.49. The highest BCUT2D eigenvalue weighted by atomic mass is 16.1. The predicted octanol–water partition coefficient (Wildman–Crippen LogP) is 1.96. The van der Waals surface area contributed by atoms with Crippen molar-refractivity contribution in [3.05, 3.63) is 48.6 Å². The fourth-order valence-electron chi connectivity index (χ4n) is 0.824. The van der Waals surface area contributed by atoms with Crippen LogP contribution in [0.3, 0.4) is 0 Å². The molecule has 84 valence electrons. The van der Waals surface area contributed by atoms with Gasteiger partial charge in [-0.1, -0.05) is 12.2 Å². The second kappa shape index (κ2) is 8.29. The molecule has 0 rings (SSSR count). The molecular formula is C13H14O3. The quantitative estimate of drug-likeness (QED) is 0.640. The average molecular weight is 218 g/mol. The number of carbonyl (C=O) groups excluding carboxylic acids is 3. The number of allylic oxidation sites excluding steroid dienone is 8. The fourth-order valence-corrected chi connectivity index (χ4v) is 0.824. The van der Waals surface area contributed by atoms with Crippen LogP contribution in [-0.4, -0.2) is 17.3 Å². The van der Waals surface area contributed by atoms with E-state index in [4.69, 9.17) is 0 Å². The maximum Gasteiger partial charge on any atom is 0.178 e. The highest BCUT2D eigenvalue weighted by Gasteiger charge is 1.93. The molecule has 0 aromatic carbocycles. The molecule has 0 spiro atoms. The molecule has 0 saturated carbocycles. The van der Waals surface area contributed by atoms with E-state index in [1.807, 2.05) is 0 Å². The molecule has 0 saturated heterocycles. The van der Waals surface area contributed by atoms with Gasteiger partial charge in [-0.05, 0) is 50.3 Å². The van der Waals surface area contributed by atoms with E-state index in [9.17, 15) is 14.4 Å². The van der Waals surface area contributed by atoms with Gasteiger partial charge in [0.05, 0.1) is 0 Å². The molecule has 0 bridgehead atoms. The Morgan fingerprint density at radius 1 is 0.562 bits per heavy atom. The minimum Gasteiger partial charge on any atom is -0.290 e. The first-order valence-electron chi connectivity index (χ1n) is 4.83. The topological polar surface area (TPSA) is 51.2 Å². The van der Waals surface area contributed by atoms with Gasteiger partial charge in [-0.15, -0.1) is 0 Å². The van der Waals surface area contributed by atoms with Gasteiger partial charge in [0.15, 0.2) is 17.3 Å². The molecule has 0 heterocycles. The van der Waals surface area contributed by atoms with E-state index in [1.165, 1.54) is 12.2 Å². The van der Waals surface area contributed by atoms with E-state index in [1.54, 1.807) is 26.0 Å². The van der Waals surface area contributed by atoms with Crippen molar-refractivity contribution in [2.45, 2.75) is 13.8 Å². The molecule has 0 amide bonds. The van der Waals surface area contributed by atoms with Gasteiger partial charge in [0.1, 0.15) is 0 Å². The van der Waals surface area contributed by atoms with E-state index in [0.29, 0.717) is 0 Å². The van der Waals surface area contributed by atoms with E-state index in [0.717, 1.165) is 24.3 Å². The minimum absolute atomic E-state index is 0.260. The molecule has 0 radical (unpaired) electrons. The molecule has 0 atom stereocenters. The molecule has 0 N–H and O–H groups in total. The molecule has 0 aliphatic heterocycles. The van der Waals surface area contributed by atoms with Gasteiger partial charge in [0, 0.05) is 0 Å². The van der Waals surface area contributed by atoms with Gasteiger partial charge in [-0.2, -0.15) is 0 Å². The largest absolute Gasteiger partial charge is 0.290 e. The Morgan fingerprint density at radius 2 is 0.812 bits per heavy atom. The van der Waals surface area contributed by atoms with Crippen molar-refractivity contribution < 1.29 is 14.4 Å². The summed E-state index contributed by atoms with van der Waals surface area (Å²) in [7, 11) is 0. The first-order valence-corrected chi connectivity index (χ1v) is 4.83. The number of hydrogen-bond donors (Lipinski definition) is 0. The Bertz CT molecular complexity index is 346. The number of rotatable bonds is 6. The number of carbonyl (C=O) groups is 3. The zero-order valence-electron chi connectivity index (χ0n) is 9.34. The van der Waals surface area contributed by atoms with Crippen LogP contribution in [0.25, 0.3) is 0 Å². The van der Waals surface area contributed by atoms with Crippen molar-refractivity contribution in [3.8, 4) is 0 Å². The molecule has 3 nitrogen and oxygen atoms in total. The zero-order valence-corrected chi connectivity index (χ0v) is 9.34. The molecule has 0 aromatic heterocycles. The lowest BCUT2D eigenvalue weighted by Gasteiger charge is -1.83. The molecular weight excluding hydrogens is 204 g/mol. The lowest BCUT2D eigenvalue weighted by atomic mass is 10.2. The lowest BCUT2D eigenvalue weighted by molar-refractivity contribution is -0.113. The van der Waals surface area contributed by atoms with Crippen molar-refractivity contribution in [2.24, 2.45) is 0 Å². The number of hydrogen-bond acceptors (Lipinski definition) is 3. The molecule has 0 aliphatic carbocycles. The van der Waals surface area contributed by atoms with Crippen LogP contribution in [0, 0.1) is 0 Å². The summed E-state index contributed by atoms with van der Waals surface area (Å²) >= 11 is 0. The van der Waals surface area contributed by atoms with Gasteiger partial charge in [-0.3, -0.25) is 14.4 Å². The minimum atomic E-state index is -0.393. The summed E-state index contributed by atoms with van der Waals surface area (Å²) in [5, 5.41) is 0. The Balaban J connectivity index is 4.28. The molecule has 0 unspecified atom stereocenters. The van der Waals surface area contributed by atoms with Gasteiger partial charge < -0.3 is 0 Å². The Kier molecular flexibility index (Phi) is 7.24. The Hall–Kier alpha value is -2.03. The third kappa shape index (κ3) is 7.38. The monoisotopic (exact) mass is 218 g/mol. The van der Waals surface area contributed by atoms with Crippen molar-refractivity contribution in [1.82, 2.24) is 0 Å². The van der Waals surface area contributed by atoms with Gasteiger partial charge in [-0.25, -0.2) is 0 Å². The summed E-state index contributed by atoms with van der Waals surface area (Å²) in [6, 6.07) is 0. The zero-order chi connectivity index (χ0) is 12.4. The summed E-state index contributed by atoms with van der Waals surface area (Å²) in [6.07, 6.45) is 10.4. The maximum absolute atomic E-state index is 11.1. The highest BCUT2D eigenvalue weighted by molar-refractivity contribution is 6.10. The smallest absolute Gasteiger partial charge is 0.178 e. The van der Waals surface area contributed by atoms with Gasteiger partial charge in [0.2, 0.25) is 0 Å². The first kappa shape index (κ1) is 14.0. The van der Waals surface area contributed by atoms with Crippen LogP contribution in [-0.2, 0) is 14.4 Å². The van der Waals surface area contributed by atoms with E-state index in [-0.39, 0.29) is 11.6 Å². The van der Waals surface area contributed by atoms with Crippen molar-refractivity contribution in [1.29, 1.82) is 0 Å². The standard InChI is InChI=1S/C13H14O3/c1-3-5-11(14)7-9-13(16)10-8-12(15)6-4-2/h3-10H,1-2H3/b5-3+,6-4+,9-7?,10-8?. The molecule has 16 heavy (non-hydrogen) atoms. The summed E-state index contributed by atoms with van der Waals surface area (Å²) < 4.78 is 0. The van der Waals surface area contributed by atoms with Gasteiger partial charge >= 0.3 is 0 Å². The van der Waals surface area contributed by atoms with E-state index in [2.05, 4.69) is 0 Å². The Labute approximate surface area is 94.8 Å². The van der Waals surface area contributed by atoms with Crippen LogP contribution in [0.4, 0.5) is 0 Å². The lowest BCUT2D eigenvalue weighted by Crippen LogP contribution is -1.92. The third-order valence-corrected chi connectivity index (χ3v) is 1.49. The van der Waals surface area contributed by atoms with E-state index < -0.39 is 5.78 Å². The van der Waals surface area contributed by atoms with Crippen molar-refractivity contribution >= 4 is 17.3 Å². The highest BCUT2D eigenvalue weighted by Crippen LogP contribution is 1.87. The summed E-state index contributed by atoms with van der Waals surface area (Å²) in [5.41, 5.74) is 0. The van der Waals surface area contributed by atoms with E-state index >= 15 is 0 Å². The molecule has 3 heteroatoms. The fraction of sp³-hybridized carbons (Fsp3) is 0.154. The van der Waals surface area contributed by atoms with Crippen LogP contribution >= 0.6 is 0 Å². The van der Waals surface area contributed by atoms with Crippen LogP contribution in [0.1, 0.15) is 13.8 Å². The Morgan fingerprint density at radius 3 is 1.06 bits per heavy atom. The van der Waals surface area contributed by atoms with Crippen LogP contribution in [0.5, 0.6) is 0 Å². The SMILES string of the molecule is C/C=C/C(=O)C=CC(=O)C=CC(=O)/C=C/C. The normalized spacial score (nSPS) is 12.1. The predicted molar refractivity (Wildman–Crippen MR) is 62.9 cm³/mol.